The van der Waals surface area contributed by atoms with Crippen LogP contribution < -0.4 is 5.32 Å². The van der Waals surface area contributed by atoms with Crippen molar-refractivity contribution in [1.29, 1.82) is 0 Å². The topological polar surface area (TPSA) is 49.4 Å². The van der Waals surface area contributed by atoms with Crippen LogP contribution in [0.5, 0.6) is 0 Å². The van der Waals surface area contributed by atoms with Gasteiger partial charge in [-0.05, 0) is 37.5 Å². The Morgan fingerprint density at radius 3 is 2.29 bits per heavy atom. The summed E-state index contributed by atoms with van der Waals surface area (Å²) in [6.07, 6.45) is 1.34. The minimum atomic E-state index is -0.577. The molecule has 0 saturated carbocycles. The lowest BCUT2D eigenvalue weighted by atomic mass is 10.1. The van der Waals surface area contributed by atoms with Crippen LogP contribution in [-0.4, -0.2) is 35.1 Å². The first-order chi connectivity index (χ1) is 14.9. The molecular weight excluding hydrogens is 451 g/mol. The van der Waals surface area contributed by atoms with Crippen molar-refractivity contribution in [1.82, 2.24) is 10.2 Å². The first-order valence-corrected chi connectivity index (χ1v) is 12.4. The number of thioether (sulfide) groups is 1. The summed E-state index contributed by atoms with van der Waals surface area (Å²) in [5, 5.41) is 3.89. The van der Waals surface area contributed by atoms with E-state index in [4.69, 9.17) is 23.2 Å². The van der Waals surface area contributed by atoms with Crippen LogP contribution in [0.1, 0.15) is 43.4 Å². The molecule has 0 aromatic heterocycles. The molecule has 0 aliphatic carbocycles. The molecule has 2 amide bonds. The summed E-state index contributed by atoms with van der Waals surface area (Å²) in [5.74, 6) is 0.745. The van der Waals surface area contributed by atoms with Crippen LogP contribution >= 0.6 is 35.0 Å². The fourth-order valence-electron chi connectivity index (χ4n) is 3.16. The SMILES string of the molecule is CCCNC(=O)C(CC)N(Cc1c(Cl)cccc1Cl)C(=O)CSCc1ccc(C)cc1. The highest BCUT2D eigenvalue weighted by atomic mass is 35.5. The van der Waals surface area contributed by atoms with Gasteiger partial charge in [-0.15, -0.1) is 11.8 Å². The Hall–Kier alpha value is -1.69. The van der Waals surface area contributed by atoms with Gasteiger partial charge < -0.3 is 10.2 Å². The van der Waals surface area contributed by atoms with E-state index in [1.54, 1.807) is 23.1 Å². The van der Waals surface area contributed by atoms with Crippen molar-refractivity contribution < 1.29 is 9.59 Å². The number of halogens is 2. The minimum absolute atomic E-state index is 0.105. The third kappa shape index (κ3) is 7.74. The van der Waals surface area contributed by atoms with Crippen LogP contribution in [0.25, 0.3) is 0 Å². The van der Waals surface area contributed by atoms with Crippen LogP contribution in [0.15, 0.2) is 42.5 Å². The van der Waals surface area contributed by atoms with Gasteiger partial charge in [0.15, 0.2) is 0 Å². The maximum absolute atomic E-state index is 13.2. The van der Waals surface area contributed by atoms with E-state index in [-0.39, 0.29) is 24.1 Å². The van der Waals surface area contributed by atoms with Gasteiger partial charge in [0.1, 0.15) is 6.04 Å². The molecule has 0 aliphatic heterocycles. The van der Waals surface area contributed by atoms with Gasteiger partial charge in [0.2, 0.25) is 11.8 Å². The van der Waals surface area contributed by atoms with Gasteiger partial charge in [-0.2, -0.15) is 0 Å². The Labute approximate surface area is 199 Å². The predicted octanol–water partition coefficient (Wildman–Crippen LogP) is 5.87. The maximum Gasteiger partial charge on any atom is 0.242 e. The van der Waals surface area contributed by atoms with Gasteiger partial charge in [-0.1, -0.05) is 72.9 Å². The molecule has 0 aliphatic rings. The van der Waals surface area contributed by atoms with Crippen LogP contribution in [0.4, 0.5) is 0 Å². The summed E-state index contributed by atoms with van der Waals surface area (Å²) in [6, 6.07) is 13.0. The number of rotatable bonds is 11. The van der Waals surface area contributed by atoms with Crippen molar-refractivity contribution in [2.45, 2.75) is 52.0 Å². The smallest absolute Gasteiger partial charge is 0.242 e. The third-order valence-corrected chi connectivity index (χ3v) is 6.64. The second-order valence-corrected chi connectivity index (χ2v) is 9.22. The van der Waals surface area contributed by atoms with Crippen molar-refractivity contribution in [2.75, 3.05) is 12.3 Å². The molecule has 2 rings (SSSR count). The highest BCUT2D eigenvalue weighted by molar-refractivity contribution is 7.99. The predicted molar refractivity (Wildman–Crippen MR) is 132 cm³/mol. The molecule has 0 heterocycles. The second-order valence-electron chi connectivity index (χ2n) is 7.42. The number of carbonyl (C=O) groups is 2. The fraction of sp³-hybridized carbons (Fsp3) is 0.417. The fourth-order valence-corrected chi connectivity index (χ4v) is 4.55. The van der Waals surface area contributed by atoms with E-state index in [0.717, 1.165) is 17.7 Å². The van der Waals surface area contributed by atoms with Crippen LogP contribution in [0.2, 0.25) is 10.0 Å². The van der Waals surface area contributed by atoms with E-state index >= 15 is 0 Å². The van der Waals surface area contributed by atoms with E-state index in [2.05, 4.69) is 29.6 Å². The van der Waals surface area contributed by atoms with Crippen LogP contribution in [0.3, 0.4) is 0 Å². The average molecular weight is 481 g/mol. The molecule has 0 bridgehead atoms. The summed E-state index contributed by atoms with van der Waals surface area (Å²) in [6.45, 7) is 6.72. The zero-order valence-corrected chi connectivity index (χ0v) is 20.6. The zero-order valence-electron chi connectivity index (χ0n) is 18.3. The van der Waals surface area contributed by atoms with Crippen molar-refractivity contribution in [2.24, 2.45) is 0 Å². The summed E-state index contributed by atoms with van der Waals surface area (Å²) in [5.41, 5.74) is 3.03. The molecule has 168 valence electrons. The lowest BCUT2D eigenvalue weighted by molar-refractivity contribution is -0.139. The Balaban J connectivity index is 2.17. The van der Waals surface area contributed by atoms with Crippen molar-refractivity contribution in [3.8, 4) is 0 Å². The molecule has 4 nitrogen and oxygen atoms in total. The van der Waals surface area contributed by atoms with Gasteiger partial charge >= 0.3 is 0 Å². The number of benzene rings is 2. The number of carbonyl (C=O) groups excluding carboxylic acids is 2. The number of amides is 2. The monoisotopic (exact) mass is 480 g/mol. The lowest BCUT2D eigenvalue weighted by Crippen LogP contribution is -2.49. The van der Waals surface area contributed by atoms with Gasteiger partial charge in [0, 0.05) is 34.5 Å². The molecule has 0 spiro atoms. The number of nitrogens with one attached hydrogen (secondary N) is 1. The largest absolute Gasteiger partial charge is 0.354 e. The van der Waals surface area contributed by atoms with E-state index in [0.29, 0.717) is 28.6 Å². The summed E-state index contributed by atoms with van der Waals surface area (Å²) >= 11 is 14.3. The van der Waals surface area contributed by atoms with Crippen LogP contribution in [-0.2, 0) is 21.9 Å². The van der Waals surface area contributed by atoms with E-state index in [9.17, 15) is 9.59 Å². The summed E-state index contributed by atoms with van der Waals surface area (Å²) < 4.78 is 0. The van der Waals surface area contributed by atoms with Crippen molar-refractivity contribution in [3.05, 3.63) is 69.2 Å². The molecule has 2 aromatic rings. The molecular formula is C24H30Cl2N2O2S. The highest BCUT2D eigenvalue weighted by Crippen LogP contribution is 2.27. The third-order valence-electron chi connectivity index (χ3n) is 4.94. The standard InChI is InChI=1S/C24H30Cl2N2O2S/c1-4-13-27-24(30)22(5-2)28(14-19-20(25)7-6-8-21(19)26)23(29)16-31-15-18-11-9-17(3)10-12-18/h6-12,22H,4-5,13-16H2,1-3H3,(H,27,30). The number of nitrogens with zero attached hydrogens (tertiary/aromatic N) is 1. The summed E-state index contributed by atoms with van der Waals surface area (Å²) in [7, 11) is 0. The molecule has 7 heteroatoms. The number of aryl methyl sites for hydroxylation is 1. The molecule has 0 fully saturated rings. The van der Waals surface area contributed by atoms with E-state index < -0.39 is 6.04 Å². The Kier molecular flexibility index (Phi) is 10.7. The average Bonchev–Trinajstić information content (AvgIpc) is 2.75. The highest BCUT2D eigenvalue weighted by Gasteiger charge is 2.29. The normalized spacial score (nSPS) is 11.8. The van der Waals surface area contributed by atoms with E-state index in [1.165, 1.54) is 17.3 Å². The molecule has 1 atom stereocenters. The second kappa shape index (κ2) is 13.0. The zero-order chi connectivity index (χ0) is 22.8. The molecule has 31 heavy (non-hydrogen) atoms. The van der Waals surface area contributed by atoms with Gasteiger partial charge in [0.05, 0.1) is 5.75 Å². The van der Waals surface area contributed by atoms with Gasteiger partial charge in [0.25, 0.3) is 0 Å². The Morgan fingerprint density at radius 2 is 1.71 bits per heavy atom. The van der Waals surface area contributed by atoms with Crippen molar-refractivity contribution >= 4 is 46.8 Å². The Morgan fingerprint density at radius 1 is 1.06 bits per heavy atom. The Bertz CT molecular complexity index is 854. The molecule has 1 N–H and O–H groups in total. The van der Waals surface area contributed by atoms with E-state index in [1.807, 2.05) is 20.8 Å². The first kappa shape index (κ1) is 25.6. The quantitative estimate of drug-likeness (QED) is 0.437. The number of hydrogen-bond donors (Lipinski definition) is 1. The molecule has 2 aromatic carbocycles. The maximum atomic E-state index is 13.2. The number of hydrogen-bond acceptors (Lipinski definition) is 3. The first-order valence-electron chi connectivity index (χ1n) is 10.5. The molecule has 1 unspecified atom stereocenters. The van der Waals surface area contributed by atoms with Gasteiger partial charge in [-0.25, -0.2) is 0 Å². The molecule has 0 radical (unpaired) electrons. The summed E-state index contributed by atoms with van der Waals surface area (Å²) in [4.78, 5) is 27.6. The lowest BCUT2D eigenvalue weighted by Gasteiger charge is -2.31. The molecule has 0 saturated heterocycles. The van der Waals surface area contributed by atoms with Gasteiger partial charge in [-0.3, -0.25) is 9.59 Å². The minimum Gasteiger partial charge on any atom is -0.354 e. The van der Waals surface area contributed by atoms with Crippen LogP contribution in [0, 0.1) is 6.92 Å². The van der Waals surface area contributed by atoms with Crippen molar-refractivity contribution in [3.63, 3.8) is 0 Å².